The van der Waals surface area contributed by atoms with Gasteiger partial charge in [-0.25, -0.2) is 21.6 Å². The molecule has 0 spiro atoms. The van der Waals surface area contributed by atoms with E-state index in [0.29, 0.717) is 48.8 Å². The fourth-order valence-corrected chi connectivity index (χ4v) is 7.18. The molecule has 0 amide bonds. The Morgan fingerprint density at radius 2 is 1.59 bits per heavy atom. The van der Waals surface area contributed by atoms with Crippen LogP contribution >= 0.6 is 0 Å². The molecule has 0 heterocycles. The highest BCUT2D eigenvalue weighted by molar-refractivity contribution is 7.91. The van der Waals surface area contributed by atoms with Gasteiger partial charge in [0.25, 0.3) is 0 Å². The van der Waals surface area contributed by atoms with Crippen molar-refractivity contribution >= 4 is 9.84 Å². The Balaban J connectivity index is 1.63. The molecule has 2 unspecified atom stereocenters. The Bertz CT molecular complexity index is 1300. The van der Waals surface area contributed by atoms with E-state index in [-0.39, 0.29) is 10.8 Å². The monoisotopic (exact) mass is 486 g/mol. The predicted molar refractivity (Wildman–Crippen MR) is 128 cm³/mol. The highest BCUT2D eigenvalue weighted by Crippen LogP contribution is 2.40. The lowest BCUT2D eigenvalue weighted by molar-refractivity contribution is 0.391. The van der Waals surface area contributed by atoms with E-state index in [4.69, 9.17) is 0 Å². The number of halogens is 3. The van der Waals surface area contributed by atoms with Gasteiger partial charge in [0.2, 0.25) is 0 Å². The maximum absolute atomic E-state index is 14.2. The summed E-state index contributed by atoms with van der Waals surface area (Å²) in [6.07, 6.45) is 3.57. The van der Waals surface area contributed by atoms with Crippen LogP contribution in [0.2, 0.25) is 0 Å². The van der Waals surface area contributed by atoms with Gasteiger partial charge >= 0.3 is 0 Å². The zero-order chi connectivity index (χ0) is 24.5. The molecular formula is C28H29F3O2S. The van der Waals surface area contributed by atoms with Crippen molar-refractivity contribution in [2.75, 3.05) is 0 Å². The molecule has 4 rings (SSSR count). The summed E-state index contributed by atoms with van der Waals surface area (Å²) in [5.41, 5.74) is 3.52. The Kier molecular flexibility index (Phi) is 7.17. The second kappa shape index (κ2) is 9.95. The zero-order valence-corrected chi connectivity index (χ0v) is 20.3. The quantitative estimate of drug-likeness (QED) is 0.382. The van der Waals surface area contributed by atoms with E-state index in [1.165, 1.54) is 24.3 Å². The molecule has 0 saturated heterocycles. The molecule has 6 heteroatoms. The van der Waals surface area contributed by atoms with Gasteiger partial charge in [0.15, 0.2) is 9.84 Å². The van der Waals surface area contributed by atoms with Gasteiger partial charge in [-0.15, -0.1) is 0 Å². The number of aryl methyl sites for hydroxylation is 4. The van der Waals surface area contributed by atoms with Gasteiger partial charge in [0.05, 0.1) is 10.1 Å². The largest absolute Gasteiger partial charge is 0.223 e. The number of rotatable bonds is 5. The van der Waals surface area contributed by atoms with E-state index in [1.54, 1.807) is 25.1 Å². The van der Waals surface area contributed by atoms with Crippen LogP contribution in [0, 0.1) is 37.2 Å². The number of hydrogen-bond donors (Lipinski definition) is 0. The maximum atomic E-state index is 14.2. The Labute approximate surface area is 199 Å². The summed E-state index contributed by atoms with van der Waals surface area (Å²) in [6.45, 7) is 3.70. The average Bonchev–Trinajstić information content (AvgIpc) is 2.75. The summed E-state index contributed by atoms with van der Waals surface area (Å²) in [7, 11) is -3.75. The van der Waals surface area contributed by atoms with Crippen LogP contribution in [0.4, 0.5) is 13.2 Å². The maximum Gasteiger partial charge on any atom is 0.185 e. The number of sulfone groups is 1. The molecule has 0 bridgehead atoms. The van der Waals surface area contributed by atoms with Crippen molar-refractivity contribution in [1.82, 2.24) is 0 Å². The molecule has 0 N–H and O–H groups in total. The van der Waals surface area contributed by atoms with Crippen LogP contribution in [0.25, 0.3) is 0 Å². The zero-order valence-electron chi connectivity index (χ0n) is 19.5. The van der Waals surface area contributed by atoms with Crippen molar-refractivity contribution < 1.29 is 21.6 Å². The molecule has 0 saturated carbocycles. The predicted octanol–water partition coefficient (Wildman–Crippen LogP) is 7.21. The van der Waals surface area contributed by atoms with Crippen LogP contribution in [0.5, 0.6) is 0 Å². The van der Waals surface area contributed by atoms with E-state index in [1.807, 2.05) is 13.0 Å². The van der Waals surface area contributed by atoms with Gasteiger partial charge in [-0.05, 0) is 105 Å². The first kappa shape index (κ1) is 24.5. The Morgan fingerprint density at radius 3 is 2.32 bits per heavy atom. The number of fused-ring (bicyclic) bond motifs is 1. The van der Waals surface area contributed by atoms with Crippen molar-refractivity contribution in [3.8, 4) is 0 Å². The van der Waals surface area contributed by atoms with Crippen LogP contribution in [0.3, 0.4) is 0 Å². The van der Waals surface area contributed by atoms with Crippen molar-refractivity contribution in [2.24, 2.45) is 5.92 Å². The molecule has 34 heavy (non-hydrogen) atoms. The summed E-state index contributed by atoms with van der Waals surface area (Å²) in [5.74, 6) is -1.42. The average molecular weight is 487 g/mol. The van der Waals surface area contributed by atoms with Crippen LogP contribution in [0.1, 0.15) is 58.8 Å². The van der Waals surface area contributed by atoms with Crippen LogP contribution in [0.15, 0.2) is 59.5 Å². The number of benzene rings is 3. The molecule has 0 aliphatic heterocycles. The summed E-state index contributed by atoms with van der Waals surface area (Å²) in [6, 6.07) is 13.3. The third kappa shape index (κ3) is 5.22. The molecule has 3 aromatic rings. The highest BCUT2D eigenvalue weighted by atomic mass is 32.2. The first-order valence-electron chi connectivity index (χ1n) is 11.7. The second-order valence-corrected chi connectivity index (χ2v) is 11.5. The first-order chi connectivity index (χ1) is 16.1. The van der Waals surface area contributed by atoms with Crippen LogP contribution in [-0.2, 0) is 22.7 Å². The summed E-state index contributed by atoms with van der Waals surface area (Å²) < 4.78 is 69.2. The molecule has 1 aliphatic rings. The van der Waals surface area contributed by atoms with Crippen molar-refractivity contribution in [3.05, 3.63) is 99.9 Å². The van der Waals surface area contributed by atoms with Crippen LogP contribution in [-0.4, -0.2) is 8.42 Å². The van der Waals surface area contributed by atoms with Gasteiger partial charge in [0, 0.05) is 6.07 Å². The van der Waals surface area contributed by atoms with E-state index in [9.17, 15) is 21.6 Å². The Hall–Kier alpha value is -2.60. The normalized spacial score (nSPS) is 18.7. The fourth-order valence-electron chi connectivity index (χ4n) is 5.11. The first-order valence-corrected chi connectivity index (χ1v) is 13.2. The molecule has 2 atom stereocenters. The lowest BCUT2D eigenvalue weighted by Gasteiger charge is -2.28. The molecular weight excluding hydrogens is 457 g/mol. The third-order valence-electron chi connectivity index (χ3n) is 6.96. The fraction of sp³-hybridized carbons (Fsp3) is 0.357. The van der Waals surface area contributed by atoms with Crippen molar-refractivity contribution in [2.45, 2.75) is 62.5 Å². The van der Waals surface area contributed by atoms with Crippen LogP contribution < -0.4 is 0 Å². The molecule has 3 aromatic carbocycles. The topological polar surface area (TPSA) is 34.1 Å². The van der Waals surface area contributed by atoms with E-state index >= 15 is 0 Å². The lowest BCUT2D eigenvalue weighted by Crippen LogP contribution is -2.21. The third-order valence-corrected chi connectivity index (χ3v) is 9.27. The molecule has 180 valence electrons. The SMILES string of the molecule is Cc1ccc(S(=O)(=O)C2CCC(CCc3ccc(F)cc3F)CCc3ccc(F)cc32)c(C)c1. The second-order valence-electron chi connectivity index (χ2n) is 9.40. The summed E-state index contributed by atoms with van der Waals surface area (Å²) >= 11 is 0. The van der Waals surface area contributed by atoms with Crippen molar-refractivity contribution in [3.63, 3.8) is 0 Å². The summed E-state index contributed by atoms with van der Waals surface area (Å²) in [4.78, 5) is 0.281. The molecule has 0 aromatic heterocycles. The van der Waals surface area contributed by atoms with Gasteiger partial charge in [-0.2, -0.15) is 0 Å². The van der Waals surface area contributed by atoms with E-state index in [0.717, 1.165) is 23.6 Å². The number of hydrogen-bond acceptors (Lipinski definition) is 2. The minimum atomic E-state index is -3.75. The Morgan fingerprint density at radius 1 is 0.853 bits per heavy atom. The van der Waals surface area contributed by atoms with E-state index in [2.05, 4.69) is 0 Å². The standard InChI is InChI=1S/C28H29F3O2S/c1-18-3-13-27(19(2)15-18)34(32,33)28-14-6-20(4-7-21-9-11-23(29)16-25(21)28)5-8-22-10-12-24(30)17-26(22)31/h3,9-13,15-17,20,28H,4-8,14H2,1-2H3. The lowest BCUT2D eigenvalue weighted by atomic mass is 9.84. The highest BCUT2D eigenvalue weighted by Gasteiger charge is 2.34. The van der Waals surface area contributed by atoms with Gasteiger partial charge in [0.1, 0.15) is 17.5 Å². The van der Waals surface area contributed by atoms with Gasteiger partial charge < -0.3 is 0 Å². The van der Waals surface area contributed by atoms with Gasteiger partial charge in [-0.3, -0.25) is 0 Å². The molecule has 0 radical (unpaired) electrons. The smallest absolute Gasteiger partial charge is 0.185 e. The minimum absolute atomic E-state index is 0.180. The van der Waals surface area contributed by atoms with Gasteiger partial charge in [-0.1, -0.05) is 29.8 Å². The minimum Gasteiger partial charge on any atom is -0.223 e. The van der Waals surface area contributed by atoms with Crippen molar-refractivity contribution in [1.29, 1.82) is 0 Å². The molecule has 1 aliphatic carbocycles. The summed E-state index contributed by atoms with van der Waals surface area (Å²) in [5, 5.41) is -0.843. The van der Waals surface area contributed by atoms with E-state index < -0.39 is 32.5 Å². The molecule has 2 nitrogen and oxygen atoms in total. The molecule has 0 fully saturated rings.